The van der Waals surface area contributed by atoms with Gasteiger partial charge >= 0.3 is 6.18 Å². The molecule has 3 aliphatic heterocycles. The highest BCUT2D eigenvalue weighted by Crippen LogP contribution is 2.61. The van der Waals surface area contributed by atoms with Crippen molar-refractivity contribution in [3.8, 4) is 0 Å². The molecule has 0 bridgehead atoms. The van der Waals surface area contributed by atoms with E-state index in [9.17, 15) is 22.8 Å². The van der Waals surface area contributed by atoms with Gasteiger partial charge in [0.1, 0.15) is 0 Å². The lowest BCUT2D eigenvalue weighted by Gasteiger charge is -2.44. The van der Waals surface area contributed by atoms with E-state index in [0.717, 1.165) is 29.8 Å². The second-order valence-electron chi connectivity index (χ2n) is 9.01. The van der Waals surface area contributed by atoms with Crippen LogP contribution in [-0.4, -0.2) is 23.1 Å². The normalized spacial score (nSPS) is 26.7. The lowest BCUT2D eigenvalue weighted by atomic mass is 9.80. The van der Waals surface area contributed by atoms with Gasteiger partial charge in [-0.3, -0.25) is 14.5 Å². The molecule has 0 N–H and O–H groups in total. The summed E-state index contributed by atoms with van der Waals surface area (Å²) in [6, 6.07) is 10.4. The van der Waals surface area contributed by atoms with Crippen molar-refractivity contribution in [2.24, 2.45) is 0 Å². The number of amides is 2. The second kappa shape index (κ2) is 6.28. The number of benzene rings is 2. The number of hydrogen-bond acceptors (Lipinski definition) is 3. The number of alkyl halides is 3. The van der Waals surface area contributed by atoms with Crippen molar-refractivity contribution in [3.05, 3.63) is 59.2 Å². The first kappa shape index (κ1) is 20.4. The number of fused-ring (bicyclic) bond motifs is 1. The van der Waals surface area contributed by atoms with Crippen molar-refractivity contribution in [1.82, 2.24) is 0 Å². The van der Waals surface area contributed by atoms with E-state index >= 15 is 0 Å². The zero-order valence-corrected chi connectivity index (χ0v) is 18.1. The summed E-state index contributed by atoms with van der Waals surface area (Å²) in [7, 11) is 0. The third-order valence-corrected chi connectivity index (χ3v) is 7.88. The molecule has 3 heterocycles. The fourth-order valence-corrected chi connectivity index (χ4v) is 6.68. The van der Waals surface area contributed by atoms with Crippen LogP contribution in [0.5, 0.6) is 0 Å². The van der Waals surface area contributed by atoms with Gasteiger partial charge in [-0.15, -0.1) is 11.8 Å². The predicted octanol–water partition coefficient (Wildman–Crippen LogP) is 5.27. The molecule has 1 spiro atoms. The van der Waals surface area contributed by atoms with Crippen LogP contribution in [0, 0.1) is 0 Å². The number of thioether (sulfide) groups is 1. The molecular weight excluding hydrogens is 425 g/mol. The Balaban J connectivity index is 1.75. The van der Waals surface area contributed by atoms with Crippen LogP contribution in [0.3, 0.4) is 0 Å². The SMILES string of the molecule is C[C@H]1CC(C)(C)N2C(=O)[C@@]3(SCC(=O)N3c3cccc(C(F)(F)F)c3)c3cccc1c32. The van der Waals surface area contributed by atoms with Gasteiger partial charge in [-0.05, 0) is 49.9 Å². The number of carbonyl (C=O) groups excluding carboxylic acids is 2. The number of carbonyl (C=O) groups is 2. The number of nitrogens with zero attached hydrogens (tertiary/aromatic N) is 2. The lowest BCUT2D eigenvalue weighted by molar-refractivity contribution is -0.137. The molecule has 0 saturated carbocycles. The molecule has 31 heavy (non-hydrogen) atoms. The Kier molecular flexibility index (Phi) is 4.14. The van der Waals surface area contributed by atoms with E-state index in [0.29, 0.717) is 5.56 Å². The van der Waals surface area contributed by atoms with E-state index < -0.39 is 22.1 Å². The number of hydrogen-bond donors (Lipinski definition) is 0. The van der Waals surface area contributed by atoms with Gasteiger partial charge in [-0.1, -0.05) is 31.2 Å². The zero-order chi connectivity index (χ0) is 22.3. The van der Waals surface area contributed by atoms with Gasteiger partial charge in [0.2, 0.25) is 10.8 Å². The van der Waals surface area contributed by atoms with Crippen LogP contribution in [0.2, 0.25) is 0 Å². The maximum atomic E-state index is 14.0. The van der Waals surface area contributed by atoms with Crippen molar-refractivity contribution in [3.63, 3.8) is 0 Å². The van der Waals surface area contributed by atoms with Gasteiger partial charge in [0.05, 0.1) is 17.0 Å². The standard InChI is InChI=1S/C23H21F3N2O2S/c1-13-11-21(2,3)28-19-16(13)8-5-9-17(19)22(20(28)30)27(18(29)12-31-22)15-7-4-6-14(10-15)23(24,25)26/h4-10,13H,11-12H2,1-3H3/t13-,22-/m0/s1. The van der Waals surface area contributed by atoms with Crippen molar-refractivity contribution in [2.75, 3.05) is 15.6 Å². The van der Waals surface area contributed by atoms with Crippen LogP contribution in [-0.2, 0) is 20.6 Å². The molecule has 2 atom stereocenters. The van der Waals surface area contributed by atoms with E-state index in [1.165, 1.54) is 28.8 Å². The van der Waals surface area contributed by atoms with Crippen molar-refractivity contribution in [1.29, 1.82) is 0 Å². The monoisotopic (exact) mass is 446 g/mol. The van der Waals surface area contributed by atoms with E-state index in [2.05, 4.69) is 6.92 Å². The summed E-state index contributed by atoms with van der Waals surface area (Å²) in [6.45, 7) is 6.11. The first-order valence-corrected chi connectivity index (χ1v) is 11.1. The summed E-state index contributed by atoms with van der Waals surface area (Å²) in [5, 5.41) is 0. The molecule has 2 aromatic carbocycles. The molecule has 8 heteroatoms. The lowest BCUT2D eigenvalue weighted by Crippen LogP contribution is -2.56. The molecule has 1 saturated heterocycles. The molecule has 162 valence electrons. The Morgan fingerprint density at radius 2 is 1.77 bits per heavy atom. The quantitative estimate of drug-likeness (QED) is 0.599. The molecule has 2 amide bonds. The molecule has 5 rings (SSSR count). The summed E-state index contributed by atoms with van der Waals surface area (Å²) in [5.41, 5.74) is 1.28. The van der Waals surface area contributed by atoms with Gasteiger partial charge in [0.15, 0.2) is 0 Å². The number of para-hydroxylation sites is 1. The zero-order valence-electron chi connectivity index (χ0n) is 17.3. The first-order chi connectivity index (χ1) is 14.5. The van der Waals surface area contributed by atoms with E-state index in [4.69, 9.17) is 0 Å². The molecule has 0 radical (unpaired) electrons. The maximum Gasteiger partial charge on any atom is 0.416 e. The van der Waals surface area contributed by atoms with Crippen LogP contribution in [0.4, 0.5) is 24.5 Å². The highest BCUT2D eigenvalue weighted by molar-refractivity contribution is 8.02. The average molecular weight is 446 g/mol. The van der Waals surface area contributed by atoms with Gasteiger partial charge < -0.3 is 4.90 Å². The number of anilines is 2. The molecule has 4 nitrogen and oxygen atoms in total. The molecule has 2 aromatic rings. The summed E-state index contributed by atoms with van der Waals surface area (Å²) < 4.78 is 40.1. The van der Waals surface area contributed by atoms with Crippen LogP contribution in [0.15, 0.2) is 42.5 Å². The summed E-state index contributed by atoms with van der Waals surface area (Å²) in [5.74, 6) is -0.399. The molecule has 1 fully saturated rings. The van der Waals surface area contributed by atoms with Crippen molar-refractivity contribution >= 4 is 35.0 Å². The van der Waals surface area contributed by atoms with Crippen LogP contribution in [0.1, 0.15) is 49.8 Å². The average Bonchev–Trinajstić information content (AvgIpc) is 3.16. The minimum atomic E-state index is -4.55. The topological polar surface area (TPSA) is 40.6 Å². The van der Waals surface area contributed by atoms with Crippen LogP contribution in [0.25, 0.3) is 0 Å². The highest BCUT2D eigenvalue weighted by Gasteiger charge is 2.64. The van der Waals surface area contributed by atoms with Gasteiger partial charge in [-0.2, -0.15) is 13.2 Å². The summed E-state index contributed by atoms with van der Waals surface area (Å²) >= 11 is 1.19. The largest absolute Gasteiger partial charge is 0.416 e. The molecule has 0 unspecified atom stereocenters. The third kappa shape index (κ3) is 2.63. The van der Waals surface area contributed by atoms with Gasteiger partial charge in [-0.25, -0.2) is 0 Å². The molecule has 0 aliphatic carbocycles. The minimum Gasteiger partial charge on any atom is -0.303 e. The Bertz CT molecular complexity index is 1130. The van der Waals surface area contributed by atoms with Crippen molar-refractivity contribution < 1.29 is 22.8 Å². The van der Waals surface area contributed by atoms with Crippen LogP contribution >= 0.6 is 11.8 Å². The van der Waals surface area contributed by atoms with E-state index in [1.54, 1.807) is 4.90 Å². The van der Waals surface area contributed by atoms with E-state index in [1.807, 2.05) is 32.0 Å². The first-order valence-electron chi connectivity index (χ1n) is 10.1. The van der Waals surface area contributed by atoms with E-state index in [-0.39, 0.29) is 29.2 Å². The predicted molar refractivity (Wildman–Crippen MR) is 114 cm³/mol. The highest BCUT2D eigenvalue weighted by atomic mass is 32.2. The summed E-state index contributed by atoms with van der Waals surface area (Å²) in [4.78, 5) is 28.7. The maximum absolute atomic E-state index is 14.0. The number of rotatable bonds is 1. The minimum absolute atomic E-state index is 0.0233. The Labute approximate surface area is 182 Å². The smallest absolute Gasteiger partial charge is 0.303 e. The molecule has 3 aliphatic rings. The van der Waals surface area contributed by atoms with Gasteiger partial charge in [0.25, 0.3) is 5.91 Å². The second-order valence-corrected chi connectivity index (χ2v) is 10.2. The fraction of sp³-hybridized carbons (Fsp3) is 0.391. The molecular formula is C23H21F3N2O2S. The Morgan fingerprint density at radius 1 is 1.06 bits per heavy atom. The summed E-state index contributed by atoms with van der Waals surface area (Å²) in [6.07, 6.45) is -3.79. The Hall–Kier alpha value is -2.48. The van der Waals surface area contributed by atoms with Crippen LogP contribution < -0.4 is 9.80 Å². The van der Waals surface area contributed by atoms with Crippen molar-refractivity contribution in [2.45, 2.75) is 49.7 Å². The third-order valence-electron chi connectivity index (χ3n) is 6.49. The van der Waals surface area contributed by atoms with Gasteiger partial charge in [0, 0.05) is 16.8 Å². The Morgan fingerprint density at radius 3 is 2.48 bits per heavy atom. The number of halogens is 3. The molecule has 0 aromatic heterocycles. The fourth-order valence-electron chi connectivity index (χ4n) is 5.35.